The molecule has 0 aliphatic carbocycles. The van der Waals surface area contributed by atoms with Crippen LogP contribution >= 0.6 is 11.9 Å². The fourth-order valence-corrected chi connectivity index (χ4v) is 1.13. The number of aromatic nitrogens is 2. The van der Waals surface area contributed by atoms with Crippen LogP contribution in [0.15, 0.2) is 12.4 Å². The quantitative estimate of drug-likeness (QED) is 0.718. The molecule has 1 atom stereocenters. The van der Waals surface area contributed by atoms with Crippen LogP contribution in [0.25, 0.3) is 0 Å². The Kier molecular flexibility index (Phi) is 3.49. The normalized spacial score (nSPS) is 12.9. The zero-order valence-electron chi connectivity index (χ0n) is 7.32. The van der Waals surface area contributed by atoms with Crippen LogP contribution in [0.3, 0.4) is 0 Å². The van der Waals surface area contributed by atoms with Crippen LogP contribution in [0.5, 0.6) is 0 Å². The minimum absolute atomic E-state index is 0.405. The molecule has 1 aromatic heterocycles. The fraction of sp³-hybridized carbons (Fsp3) is 0.500. The van der Waals surface area contributed by atoms with Crippen molar-refractivity contribution >= 4 is 11.9 Å². The van der Waals surface area contributed by atoms with Crippen molar-refractivity contribution in [1.29, 1.82) is 0 Å². The van der Waals surface area contributed by atoms with Gasteiger partial charge in [0.15, 0.2) is 0 Å². The zero-order valence-corrected chi connectivity index (χ0v) is 8.14. The van der Waals surface area contributed by atoms with Gasteiger partial charge < -0.3 is 0 Å². The van der Waals surface area contributed by atoms with Gasteiger partial charge in [-0.05, 0) is 6.92 Å². The standard InChI is InChI=1S/C8H13N3S/c1-6-4-11-8(5-10-6)3-7(2)12-9/h4-5,7H,3,9H2,1-2H3. The largest absolute Gasteiger partial charge is 0.278 e. The van der Waals surface area contributed by atoms with Gasteiger partial charge in [0, 0.05) is 24.1 Å². The molecule has 0 spiro atoms. The highest BCUT2D eigenvalue weighted by Gasteiger charge is 2.02. The maximum absolute atomic E-state index is 5.42. The molecule has 3 nitrogen and oxygen atoms in total. The summed E-state index contributed by atoms with van der Waals surface area (Å²) in [6.07, 6.45) is 4.47. The first-order chi connectivity index (χ1) is 5.72. The van der Waals surface area contributed by atoms with Crippen LogP contribution in [0.4, 0.5) is 0 Å². The van der Waals surface area contributed by atoms with Crippen LogP contribution in [-0.4, -0.2) is 15.2 Å². The van der Waals surface area contributed by atoms with E-state index in [1.165, 1.54) is 11.9 Å². The Morgan fingerprint density at radius 3 is 2.75 bits per heavy atom. The van der Waals surface area contributed by atoms with Gasteiger partial charge in [0.25, 0.3) is 0 Å². The van der Waals surface area contributed by atoms with Gasteiger partial charge in [-0.2, -0.15) is 0 Å². The maximum atomic E-state index is 5.42. The highest BCUT2D eigenvalue weighted by atomic mass is 32.2. The molecular formula is C8H13N3S. The third kappa shape index (κ3) is 2.79. The highest BCUT2D eigenvalue weighted by Crippen LogP contribution is 2.07. The summed E-state index contributed by atoms with van der Waals surface area (Å²) in [6.45, 7) is 4.00. The van der Waals surface area contributed by atoms with E-state index in [4.69, 9.17) is 5.14 Å². The summed E-state index contributed by atoms with van der Waals surface area (Å²) in [7, 11) is 0. The third-order valence-electron chi connectivity index (χ3n) is 1.56. The molecule has 2 N–H and O–H groups in total. The molecule has 0 bridgehead atoms. The Hall–Kier alpha value is -0.610. The average molecular weight is 183 g/mol. The van der Waals surface area contributed by atoms with E-state index in [2.05, 4.69) is 16.9 Å². The van der Waals surface area contributed by atoms with Gasteiger partial charge in [0.2, 0.25) is 0 Å². The summed E-state index contributed by atoms with van der Waals surface area (Å²) >= 11 is 1.36. The fourth-order valence-electron chi connectivity index (χ4n) is 0.867. The molecule has 66 valence electrons. The molecule has 12 heavy (non-hydrogen) atoms. The van der Waals surface area contributed by atoms with E-state index >= 15 is 0 Å². The molecule has 0 saturated heterocycles. The van der Waals surface area contributed by atoms with E-state index in [0.717, 1.165) is 17.8 Å². The Bertz CT molecular complexity index is 235. The van der Waals surface area contributed by atoms with Gasteiger partial charge in [-0.1, -0.05) is 18.9 Å². The van der Waals surface area contributed by atoms with E-state index in [1.54, 1.807) is 6.20 Å². The Balaban J connectivity index is 2.58. The first-order valence-electron chi connectivity index (χ1n) is 3.85. The average Bonchev–Trinajstić information content (AvgIpc) is 2.09. The van der Waals surface area contributed by atoms with E-state index in [-0.39, 0.29) is 0 Å². The van der Waals surface area contributed by atoms with Gasteiger partial charge in [-0.25, -0.2) is 0 Å². The highest BCUT2D eigenvalue weighted by molar-refractivity contribution is 7.97. The van der Waals surface area contributed by atoms with Crippen molar-refractivity contribution in [3.05, 3.63) is 23.8 Å². The number of nitrogens with two attached hydrogens (primary N) is 1. The predicted molar refractivity (Wildman–Crippen MR) is 51.7 cm³/mol. The minimum Gasteiger partial charge on any atom is -0.278 e. The lowest BCUT2D eigenvalue weighted by molar-refractivity contribution is 0.880. The molecule has 0 radical (unpaired) electrons. The lowest BCUT2D eigenvalue weighted by Crippen LogP contribution is -2.06. The van der Waals surface area contributed by atoms with Crippen molar-refractivity contribution in [1.82, 2.24) is 9.97 Å². The monoisotopic (exact) mass is 183 g/mol. The first-order valence-corrected chi connectivity index (χ1v) is 4.79. The number of rotatable bonds is 3. The Morgan fingerprint density at radius 2 is 2.25 bits per heavy atom. The lowest BCUT2D eigenvalue weighted by atomic mass is 10.2. The molecule has 4 heteroatoms. The van der Waals surface area contributed by atoms with Crippen molar-refractivity contribution < 1.29 is 0 Å². The molecule has 1 heterocycles. The molecule has 1 aromatic rings. The predicted octanol–water partition coefficient (Wildman–Crippen LogP) is 1.32. The van der Waals surface area contributed by atoms with Gasteiger partial charge in [0.1, 0.15) is 0 Å². The van der Waals surface area contributed by atoms with Crippen molar-refractivity contribution in [3.63, 3.8) is 0 Å². The van der Waals surface area contributed by atoms with Crippen LogP contribution in [0.2, 0.25) is 0 Å². The van der Waals surface area contributed by atoms with E-state index in [0.29, 0.717) is 5.25 Å². The molecule has 0 saturated carbocycles. The second kappa shape index (κ2) is 4.42. The first kappa shape index (κ1) is 9.48. The summed E-state index contributed by atoms with van der Waals surface area (Å²) in [6, 6.07) is 0. The van der Waals surface area contributed by atoms with Crippen molar-refractivity contribution in [2.45, 2.75) is 25.5 Å². The van der Waals surface area contributed by atoms with Gasteiger partial charge in [-0.3, -0.25) is 15.1 Å². The minimum atomic E-state index is 0.405. The second-order valence-electron chi connectivity index (χ2n) is 2.80. The molecule has 0 fully saturated rings. The number of nitrogens with zero attached hydrogens (tertiary/aromatic N) is 2. The summed E-state index contributed by atoms with van der Waals surface area (Å²) in [4.78, 5) is 8.39. The second-order valence-corrected chi connectivity index (χ2v) is 3.88. The van der Waals surface area contributed by atoms with Crippen LogP contribution in [-0.2, 0) is 6.42 Å². The molecule has 1 rings (SSSR count). The summed E-state index contributed by atoms with van der Waals surface area (Å²) in [5.41, 5.74) is 1.96. The van der Waals surface area contributed by atoms with E-state index < -0.39 is 0 Å². The molecule has 1 unspecified atom stereocenters. The molecule has 0 aliphatic heterocycles. The molecule has 0 aliphatic rings. The van der Waals surface area contributed by atoms with Gasteiger partial charge in [-0.15, -0.1) is 0 Å². The third-order valence-corrected chi connectivity index (χ3v) is 2.19. The number of hydrogen-bond acceptors (Lipinski definition) is 4. The lowest BCUT2D eigenvalue weighted by Gasteiger charge is -2.05. The molecule has 0 aromatic carbocycles. The topological polar surface area (TPSA) is 51.8 Å². The molecule has 0 amide bonds. The number of aryl methyl sites for hydroxylation is 1. The van der Waals surface area contributed by atoms with Crippen LogP contribution < -0.4 is 5.14 Å². The van der Waals surface area contributed by atoms with E-state index in [1.807, 2.05) is 13.1 Å². The van der Waals surface area contributed by atoms with Crippen molar-refractivity contribution in [2.75, 3.05) is 0 Å². The van der Waals surface area contributed by atoms with E-state index in [9.17, 15) is 0 Å². The SMILES string of the molecule is Cc1cnc(CC(C)SN)cn1. The van der Waals surface area contributed by atoms with Crippen molar-refractivity contribution in [3.8, 4) is 0 Å². The van der Waals surface area contributed by atoms with Crippen LogP contribution in [0.1, 0.15) is 18.3 Å². The Morgan fingerprint density at radius 1 is 1.50 bits per heavy atom. The van der Waals surface area contributed by atoms with Gasteiger partial charge >= 0.3 is 0 Å². The zero-order chi connectivity index (χ0) is 8.97. The number of hydrogen-bond donors (Lipinski definition) is 1. The summed E-state index contributed by atoms with van der Waals surface area (Å²) in [5, 5.41) is 5.82. The summed E-state index contributed by atoms with van der Waals surface area (Å²) in [5.74, 6) is 0. The van der Waals surface area contributed by atoms with Crippen molar-refractivity contribution in [2.24, 2.45) is 5.14 Å². The smallest absolute Gasteiger partial charge is 0.0598 e. The summed E-state index contributed by atoms with van der Waals surface area (Å²) < 4.78 is 0. The van der Waals surface area contributed by atoms with Gasteiger partial charge in [0.05, 0.1) is 11.4 Å². The Labute approximate surface area is 76.9 Å². The maximum Gasteiger partial charge on any atom is 0.0598 e. The van der Waals surface area contributed by atoms with Crippen LogP contribution in [0, 0.1) is 6.92 Å². The molecular weight excluding hydrogens is 170 g/mol.